The number of Topliss-reactive ketones (excluding diaryl/α,β-unsaturated/α-hetero) is 1. The van der Waals surface area contributed by atoms with Crippen LogP contribution in [-0.2, 0) is 14.9 Å². The number of carbonyl (C=O) groups is 2. The Morgan fingerprint density at radius 2 is 1.56 bits per heavy atom. The summed E-state index contributed by atoms with van der Waals surface area (Å²) in [5.74, 6) is 0.563. The maximum atomic E-state index is 12.3. The van der Waals surface area contributed by atoms with E-state index in [9.17, 15) is 9.59 Å². The third-order valence-corrected chi connectivity index (χ3v) is 6.68. The zero-order chi connectivity index (χ0) is 25.1. The summed E-state index contributed by atoms with van der Waals surface area (Å²) in [6, 6.07) is 14.1. The molecule has 5 heteroatoms. The smallest absolute Gasteiger partial charge is 0.374 e. The van der Waals surface area contributed by atoms with Crippen molar-refractivity contribution in [3.8, 4) is 5.75 Å². The van der Waals surface area contributed by atoms with Gasteiger partial charge in [0.15, 0.2) is 5.78 Å². The Balaban J connectivity index is 1.95. The van der Waals surface area contributed by atoms with Gasteiger partial charge < -0.3 is 13.9 Å². The maximum absolute atomic E-state index is 12.3. The van der Waals surface area contributed by atoms with Gasteiger partial charge >= 0.3 is 5.97 Å². The lowest BCUT2D eigenvalue weighted by atomic mass is 9.70. The van der Waals surface area contributed by atoms with Gasteiger partial charge in [-0.15, -0.1) is 0 Å². The van der Waals surface area contributed by atoms with Gasteiger partial charge in [-0.3, -0.25) is 4.79 Å². The molecule has 0 N–H and O–H groups in total. The van der Waals surface area contributed by atoms with Gasteiger partial charge in [0.2, 0.25) is 5.76 Å². The molecule has 1 heterocycles. The van der Waals surface area contributed by atoms with Crippen molar-refractivity contribution in [2.75, 3.05) is 13.2 Å². The minimum atomic E-state index is -0.450. The molecule has 3 aromatic rings. The number of hydrogen-bond acceptors (Lipinski definition) is 5. The fraction of sp³-hybridized carbons (Fsp3) is 0.448. The number of esters is 1. The van der Waals surface area contributed by atoms with Crippen molar-refractivity contribution in [3.05, 3.63) is 64.9 Å². The van der Waals surface area contributed by atoms with Gasteiger partial charge in [-0.1, -0.05) is 58.9 Å². The number of furan rings is 1. The van der Waals surface area contributed by atoms with Crippen LogP contribution in [0.3, 0.4) is 0 Å². The molecule has 5 nitrogen and oxygen atoms in total. The summed E-state index contributed by atoms with van der Waals surface area (Å²) in [5, 5.41) is 0.872. The summed E-state index contributed by atoms with van der Waals surface area (Å²) in [4.78, 5) is 24.4. The van der Waals surface area contributed by atoms with Gasteiger partial charge in [0, 0.05) is 16.2 Å². The molecular weight excluding hydrogens is 428 g/mol. The molecule has 0 amide bonds. The molecule has 0 fully saturated rings. The van der Waals surface area contributed by atoms with Crippen molar-refractivity contribution in [2.45, 2.75) is 66.7 Å². The number of carbonyl (C=O) groups excluding carboxylic acids is 2. The molecule has 0 saturated carbocycles. The molecule has 0 spiro atoms. The van der Waals surface area contributed by atoms with E-state index in [2.05, 4.69) is 32.0 Å². The molecule has 1 aromatic heterocycles. The lowest BCUT2D eigenvalue weighted by Crippen LogP contribution is -2.27. The molecule has 0 unspecified atom stereocenters. The Kier molecular flexibility index (Phi) is 7.54. The van der Waals surface area contributed by atoms with Crippen molar-refractivity contribution in [3.63, 3.8) is 0 Å². The molecular formula is C29H36O5. The zero-order valence-electron chi connectivity index (χ0n) is 21.4. The lowest BCUT2D eigenvalue weighted by molar-refractivity contribution is -0.128. The number of benzene rings is 2. The van der Waals surface area contributed by atoms with E-state index in [4.69, 9.17) is 13.9 Å². The molecule has 0 aliphatic heterocycles. The van der Waals surface area contributed by atoms with E-state index in [0.717, 1.165) is 35.1 Å². The van der Waals surface area contributed by atoms with Gasteiger partial charge in [-0.25, -0.2) is 4.79 Å². The van der Waals surface area contributed by atoms with Crippen LogP contribution in [0.5, 0.6) is 5.75 Å². The van der Waals surface area contributed by atoms with E-state index in [1.54, 1.807) is 13.0 Å². The van der Waals surface area contributed by atoms with Crippen LogP contribution in [0.1, 0.15) is 81.6 Å². The Hall–Kier alpha value is -3.08. The number of ketones is 1. The number of hydrogen-bond donors (Lipinski definition) is 0. The molecule has 0 aliphatic rings. The summed E-state index contributed by atoms with van der Waals surface area (Å²) in [5.41, 5.74) is 3.32. The molecule has 2 aromatic carbocycles. The predicted molar refractivity (Wildman–Crippen MR) is 135 cm³/mol. The Morgan fingerprint density at radius 1 is 0.912 bits per heavy atom. The van der Waals surface area contributed by atoms with Crippen molar-refractivity contribution in [2.24, 2.45) is 5.41 Å². The standard InChI is InChI=1S/C29H36O5/c1-8-29(9-2,21-13-14-23(19(4)15-21)33-18-26(30)28(5,6)7)22-12-11-20-16-25(27(31)32-10-3)34-24(20)17-22/h11-17H,8-10,18H2,1-7H3. The van der Waals surface area contributed by atoms with Crippen molar-refractivity contribution < 1.29 is 23.5 Å². The van der Waals surface area contributed by atoms with Crippen LogP contribution in [0.2, 0.25) is 0 Å². The summed E-state index contributed by atoms with van der Waals surface area (Å²) in [6.07, 6.45) is 1.78. The second-order valence-electron chi connectivity index (χ2n) is 9.82. The summed E-state index contributed by atoms with van der Waals surface area (Å²) >= 11 is 0. The molecule has 182 valence electrons. The minimum Gasteiger partial charge on any atom is -0.486 e. The first-order chi connectivity index (χ1) is 16.1. The van der Waals surface area contributed by atoms with Crippen molar-refractivity contribution >= 4 is 22.7 Å². The molecule has 34 heavy (non-hydrogen) atoms. The Morgan fingerprint density at radius 3 is 2.15 bits per heavy atom. The van der Waals surface area contributed by atoms with Gasteiger partial charge in [0.05, 0.1) is 6.61 Å². The van der Waals surface area contributed by atoms with Crippen LogP contribution in [0.4, 0.5) is 0 Å². The van der Waals surface area contributed by atoms with E-state index in [1.165, 1.54) is 5.56 Å². The van der Waals surface area contributed by atoms with Crippen LogP contribution in [0, 0.1) is 12.3 Å². The molecule has 0 aliphatic carbocycles. The van der Waals surface area contributed by atoms with Crippen LogP contribution in [0.25, 0.3) is 11.0 Å². The largest absolute Gasteiger partial charge is 0.486 e. The van der Waals surface area contributed by atoms with E-state index in [-0.39, 0.29) is 23.6 Å². The second-order valence-corrected chi connectivity index (χ2v) is 9.82. The molecule has 3 rings (SSSR count). The first-order valence-electron chi connectivity index (χ1n) is 12.0. The quantitative estimate of drug-likeness (QED) is 0.318. The number of rotatable bonds is 9. The van der Waals surface area contributed by atoms with Crippen molar-refractivity contribution in [1.29, 1.82) is 0 Å². The minimum absolute atomic E-state index is 0.0638. The monoisotopic (exact) mass is 464 g/mol. The summed E-state index contributed by atoms with van der Waals surface area (Å²) in [7, 11) is 0. The number of aryl methyl sites for hydroxylation is 1. The van der Waals surface area contributed by atoms with Crippen LogP contribution < -0.4 is 4.74 Å². The maximum Gasteiger partial charge on any atom is 0.374 e. The van der Waals surface area contributed by atoms with Crippen LogP contribution in [0.15, 0.2) is 46.9 Å². The normalized spacial score (nSPS) is 12.1. The number of fused-ring (bicyclic) bond motifs is 1. The first kappa shape index (κ1) is 25.5. The van der Waals surface area contributed by atoms with Crippen LogP contribution >= 0.6 is 0 Å². The lowest BCUT2D eigenvalue weighted by Gasteiger charge is -2.33. The van der Waals surface area contributed by atoms with E-state index < -0.39 is 11.4 Å². The molecule has 0 bridgehead atoms. The number of ether oxygens (including phenoxy) is 2. The fourth-order valence-corrected chi connectivity index (χ4v) is 4.33. The highest BCUT2D eigenvalue weighted by Crippen LogP contribution is 2.41. The fourth-order valence-electron chi connectivity index (χ4n) is 4.33. The van der Waals surface area contributed by atoms with Crippen LogP contribution in [-0.4, -0.2) is 25.0 Å². The molecule has 0 atom stereocenters. The van der Waals surface area contributed by atoms with E-state index in [0.29, 0.717) is 12.2 Å². The molecule has 0 saturated heterocycles. The highest BCUT2D eigenvalue weighted by Gasteiger charge is 2.32. The third kappa shape index (κ3) is 5.03. The topological polar surface area (TPSA) is 65.7 Å². The zero-order valence-corrected chi connectivity index (χ0v) is 21.4. The van der Waals surface area contributed by atoms with Gasteiger partial charge in [0.25, 0.3) is 0 Å². The Labute approximate surface area is 202 Å². The van der Waals surface area contributed by atoms with Crippen molar-refractivity contribution in [1.82, 2.24) is 0 Å². The third-order valence-electron chi connectivity index (χ3n) is 6.68. The summed E-state index contributed by atoms with van der Waals surface area (Å²) in [6.45, 7) is 14.2. The van der Waals surface area contributed by atoms with Gasteiger partial charge in [-0.05, 0) is 61.6 Å². The van der Waals surface area contributed by atoms with Gasteiger partial charge in [0.1, 0.15) is 17.9 Å². The summed E-state index contributed by atoms with van der Waals surface area (Å²) < 4.78 is 16.8. The molecule has 0 radical (unpaired) electrons. The second kappa shape index (κ2) is 10.0. The van der Waals surface area contributed by atoms with Gasteiger partial charge in [-0.2, -0.15) is 0 Å². The SMILES string of the molecule is CCOC(=O)c1cc2ccc(C(CC)(CC)c3ccc(OCC(=O)C(C)(C)C)c(C)c3)cc2o1. The average Bonchev–Trinajstić information content (AvgIpc) is 3.23. The highest BCUT2D eigenvalue weighted by atomic mass is 16.5. The average molecular weight is 465 g/mol. The first-order valence-corrected chi connectivity index (χ1v) is 12.0. The Bertz CT molecular complexity index is 1170. The van der Waals surface area contributed by atoms with E-state index in [1.807, 2.05) is 45.9 Å². The van der Waals surface area contributed by atoms with E-state index >= 15 is 0 Å². The highest BCUT2D eigenvalue weighted by molar-refractivity contribution is 5.92. The predicted octanol–water partition coefficient (Wildman–Crippen LogP) is 7.02.